The molecule has 0 bridgehead atoms. The van der Waals surface area contributed by atoms with E-state index in [0.29, 0.717) is 12.5 Å². The molecule has 1 atom stereocenters. The first-order chi connectivity index (χ1) is 9.69. The Morgan fingerprint density at radius 3 is 2.60 bits per heavy atom. The molecule has 1 heterocycles. The summed E-state index contributed by atoms with van der Waals surface area (Å²) in [5.41, 5.74) is 1.28. The first kappa shape index (κ1) is 14.8. The molecular formula is C16H19NO2S. The van der Waals surface area contributed by atoms with Gasteiger partial charge in [0, 0.05) is 22.3 Å². The number of thiophene rings is 1. The predicted octanol–water partition coefficient (Wildman–Crippen LogP) is 3.31. The summed E-state index contributed by atoms with van der Waals surface area (Å²) in [6.07, 6.45) is 0.357. The third kappa shape index (κ3) is 4.18. The van der Waals surface area contributed by atoms with Crippen LogP contribution < -0.4 is 5.32 Å². The van der Waals surface area contributed by atoms with Crippen molar-refractivity contribution in [1.82, 2.24) is 5.32 Å². The summed E-state index contributed by atoms with van der Waals surface area (Å²) in [5.74, 6) is -0.191. The molecule has 1 aromatic heterocycles. The highest BCUT2D eigenvalue weighted by atomic mass is 32.1. The van der Waals surface area contributed by atoms with Crippen LogP contribution in [0.3, 0.4) is 0 Å². The lowest BCUT2D eigenvalue weighted by Crippen LogP contribution is -2.17. The Labute approximate surface area is 123 Å². The maximum absolute atomic E-state index is 11.2. The number of methoxy groups -OCH3 is 1. The van der Waals surface area contributed by atoms with Gasteiger partial charge in [0.2, 0.25) is 0 Å². The van der Waals surface area contributed by atoms with Gasteiger partial charge in [-0.1, -0.05) is 30.3 Å². The molecule has 4 heteroatoms. The Bertz CT molecular complexity index is 551. The molecule has 2 rings (SSSR count). The minimum absolute atomic E-state index is 0.191. The van der Waals surface area contributed by atoms with Gasteiger partial charge in [0.05, 0.1) is 13.5 Å². The number of hydrogen-bond donors (Lipinski definition) is 1. The highest BCUT2D eigenvalue weighted by Crippen LogP contribution is 2.19. The maximum atomic E-state index is 11.2. The van der Waals surface area contributed by atoms with Crippen LogP contribution in [-0.2, 0) is 22.5 Å². The third-order valence-corrected chi connectivity index (χ3v) is 4.23. The molecule has 2 aromatic rings. The summed E-state index contributed by atoms with van der Waals surface area (Å²) < 4.78 is 4.67. The molecule has 1 aromatic carbocycles. The molecular weight excluding hydrogens is 270 g/mol. The van der Waals surface area contributed by atoms with Crippen molar-refractivity contribution in [2.75, 3.05) is 7.11 Å². The molecule has 1 unspecified atom stereocenters. The average Bonchev–Trinajstić information content (AvgIpc) is 2.93. The zero-order valence-corrected chi connectivity index (χ0v) is 12.6. The second-order valence-corrected chi connectivity index (χ2v) is 5.89. The highest BCUT2D eigenvalue weighted by molar-refractivity contribution is 7.12. The van der Waals surface area contributed by atoms with Gasteiger partial charge in [-0.15, -0.1) is 11.3 Å². The van der Waals surface area contributed by atoms with Gasteiger partial charge in [-0.05, 0) is 24.6 Å². The summed E-state index contributed by atoms with van der Waals surface area (Å²) in [6, 6.07) is 14.7. The van der Waals surface area contributed by atoms with E-state index in [1.807, 2.05) is 24.3 Å². The van der Waals surface area contributed by atoms with Crippen molar-refractivity contribution in [3.63, 3.8) is 0 Å². The van der Waals surface area contributed by atoms with Gasteiger partial charge in [-0.25, -0.2) is 0 Å². The van der Waals surface area contributed by atoms with E-state index < -0.39 is 0 Å². The van der Waals surface area contributed by atoms with E-state index >= 15 is 0 Å². The Kier molecular flexibility index (Phi) is 5.32. The van der Waals surface area contributed by atoms with Crippen LogP contribution in [0.15, 0.2) is 42.5 Å². The third-order valence-electron chi connectivity index (χ3n) is 3.15. The number of carbonyl (C=O) groups is 1. The molecule has 0 aliphatic rings. The predicted molar refractivity (Wildman–Crippen MR) is 81.7 cm³/mol. The Morgan fingerprint density at radius 2 is 1.90 bits per heavy atom. The fourth-order valence-corrected chi connectivity index (χ4v) is 2.89. The lowest BCUT2D eigenvalue weighted by atomic mass is 10.1. The molecule has 0 saturated heterocycles. The number of rotatable bonds is 6. The van der Waals surface area contributed by atoms with Crippen molar-refractivity contribution in [3.8, 4) is 0 Å². The summed E-state index contributed by atoms with van der Waals surface area (Å²) >= 11 is 1.65. The van der Waals surface area contributed by atoms with E-state index in [9.17, 15) is 4.79 Å². The largest absolute Gasteiger partial charge is 0.469 e. The fourth-order valence-electron chi connectivity index (χ4n) is 1.94. The van der Waals surface area contributed by atoms with Crippen LogP contribution in [0, 0.1) is 0 Å². The van der Waals surface area contributed by atoms with E-state index in [1.165, 1.54) is 17.6 Å². The molecule has 0 saturated carbocycles. The molecule has 0 spiro atoms. The highest BCUT2D eigenvalue weighted by Gasteiger charge is 2.08. The van der Waals surface area contributed by atoms with Crippen molar-refractivity contribution in [2.24, 2.45) is 0 Å². The van der Waals surface area contributed by atoms with E-state index in [2.05, 4.69) is 35.2 Å². The minimum Gasteiger partial charge on any atom is -0.469 e. The van der Waals surface area contributed by atoms with E-state index in [0.717, 1.165) is 11.4 Å². The van der Waals surface area contributed by atoms with Crippen LogP contribution in [-0.4, -0.2) is 13.1 Å². The van der Waals surface area contributed by atoms with E-state index in [1.54, 1.807) is 11.3 Å². The molecule has 0 radical (unpaired) electrons. The molecule has 0 amide bonds. The van der Waals surface area contributed by atoms with Crippen molar-refractivity contribution in [1.29, 1.82) is 0 Å². The number of ether oxygens (including phenoxy) is 1. The lowest BCUT2D eigenvalue weighted by Gasteiger charge is -2.13. The maximum Gasteiger partial charge on any atom is 0.310 e. The summed E-state index contributed by atoms with van der Waals surface area (Å²) in [4.78, 5) is 13.5. The normalized spacial score (nSPS) is 12.1. The van der Waals surface area contributed by atoms with Gasteiger partial charge in [-0.2, -0.15) is 0 Å². The summed E-state index contributed by atoms with van der Waals surface area (Å²) in [6.45, 7) is 2.96. The molecule has 1 N–H and O–H groups in total. The fraction of sp³-hybridized carbons (Fsp3) is 0.312. The van der Waals surface area contributed by atoms with E-state index in [4.69, 9.17) is 0 Å². The second kappa shape index (κ2) is 7.22. The van der Waals surface area contributed by atoms with Crippen LogP contribution in [0.25, 0.3) is 0 Å². The smallest absolute Gasteiger partial charge is 0.310 e. The van der Waals surface area contributed by atoms with Gasteiger partial charge in [0.15, 0.2) is 0 Å². The van der Waals surface area contributed by atoms with Gasteiger partial charge in [-0.3, -0.25) is 4.79 Å². The van der Waals surface area contributed by atoms with Gasteiger partial charge < -0.3 is 10.1 Å². The molecule has 20 heavy (non-hydrogen) atoms. The number of hydrogen-bond acceptors (Lipinski definition) is 4. The van der Waals surface area contributed by atoms with Gasteiger partial charge in [0.25, 0.3) is 0 Å². The number of benzene rings is 1. The Balaban J connectivity index is 1.87. The standard InChI is InChI=1S/C16H19NO2S/c1-12(13-6-4-3-5-7-13)17-11-15-9-8-14(20-15)10-16(18)19-2/h3-9,12,17H,10-11H2,1-2H3. The SMILES string of the molecule is COC(=O)Cc1ccc(CNC(C)c2ccccc2)s1. The zero-order valence-electron chi connectivity index (χ0n) is 11.8. The molecule has 0 aliphatic heterocycles. The number of carbonyl (C=O) groups excluding carboxylic acids is 1. The first-order valence-electron chi connectivity index (χ1n) is 6.62. The van der Waals surface area contributed by atoms with Crippen molar-refractivity contribution < 1.29 is 9.53 Å². The lowest BCUT2D eigenvalue weighted by molar-refractivity contribution is -0.139. The number of esters is 1. The van der Waals surface area contributed by atoms with Crippen molar-refractivity contribution in [3.05, 3.63) is 57.8 Å². The van der Waals surface area contributed by atoms with Crippen LogP contribution in [0.2, 0.25) is 0 Å². The van der Waals surface area contributed by atoms with E-state index in [-0.39, 0.29) is 5.97 Å². The van der Waals surface area contributed by atoms with Crippen LogP contribution in [0.4, 0.5) is 0 Å². The van der Waals surface area contributed by atoms with Crippen LogP contribution >= 0.6 is 11.3 Å². The van der Waals surface area contributed by atoms with Crippen molar-refractivity contribution in [2.45, 2.75) is 25.9 Å². The topological polar surface area (TPSA) is 38.3 Å². The Morgan fingerprint density at radius 1 is 1.20 bits per heavy atom. The summed E-state index contributed by atoms with van der Waals surface area (Å²) in [7, 11) is 1.42. The molecule has 0 aliphatic carbocycles. The van der Waals surface area contributed by atoms with Crippen LogP contribution in [0.1, 0.15) is 28.3 Å². The first-order valence-corrected chi connectivity index (χ1v) is 7.43. The minimum atomic E-state index is -0.191. The average molecular weight is 289 g/mol. The summed E-state index contributed by atoms with van der Waals surface area (Å²) in [5, 5.41) is 3.49. The molecule has 3 nitrogen and oxygen atoms in total. The quantitative estimate of drug-likeness (QED) is 0.829. The zero-order chi connectivity index (χ0) is 14.4. The van der Waals surface area contributed by atoms with Crippen molar-refractivity contribution >= 4 is 17.3 Å². The molecule has 0 fully saturated rings. The Hall–Kier alpha value is -1.65. The van der Waals surface area contributed by atoms with Gasteiger partial charge >= 0.3 is 5.97 Å². The van der Waals surface area contributed by atoms with Gasteiger partial charge in [0.1, 0.15) is 0 Å². The van der Waals surface area contributed by atoms with Crippen LogP contribution in [0.5, 0.6) is 0 Å². The second-order valence-electron chi connectivity index (χ2n) is 4.63. The molecule has 106 valence electrons. The number of nitrogens with one attached hydrogen (secondary N) is 1. The monoisotopic (exact) mass is 289 g/mol.